The van der Waals surface area contributed by atoms with Crippen molar-refractivity contribution in [1.29, 1.82) is 0 Å². The smallest absolute Gasteiger partial charge is 0.243 e. The van der Waals surface area contributed by atoms with Gasteiger partial charge in [-0.1, -0.05) is 0 Å². The molecular weight excluding hydrogens is 264 g/mol. The standard InChI is InChI=1S/C13H22N2O3S/c1-3-18-8-4-7-14-12(17)10-9-19-13(2)6-5-11(16)15(10)13/h10H,3-9H2,1-2H3,(H,14,17)/t10-,13-/m1/s1. The van der Waals surface area contributed by atoms with Gasteiger partial charge >= 0.3 is 0 Å². The Bertz CT molecular complexity index is 364. The number of nitrogens with zero attached hydrogens (tertiary/aromatic N) is 1. The maximum absolute atomic E-state index is 12.1. The van der Waals surface area contributed by atoms with Crippen molar-refractivity contribution in [2.45, 2.75) is 44.0 Å². The Kier molecular flexibility index (Phi) is 4.73. The minimum absolute atomic E-state index is 0.0250. The van der Waals surface area contributed by atoms with E-state index in [0.29, 0.717) is 31.9 Å². The first-order valence-corrected chi connectivity index (χ1v) is 7.88. The molecule has 5 nitrogen and oxygen atoms in total. The van der Waals surface area contributed by atoms with E-state index in [1.165, 1.54) is 0 Å². The summed E-state index contributed by atoms with van der Waals surface area (Å²) in [5.41, 5.74) is 0. The molecule has 2 rings (SSSR count). The van der Waals surface area contributed by atoms with Gasteiger partial charge in [-0.25, -0.2) is 0 Å². The Morgan fingerprint density at radius 3 is 3.16 bits per heavy atom. The number of hydrogen-bond donors (Lipinski definition) is 1. The predicted molar refractivity (Wildman–Crippen MR) is 74.9 cm³/mol. The first kappa shape index (κ1) is 14.7. The van der Waals surface area contributed by atoms with Gasteiger partial charge < -0.3 is 15.0 Å². The lowest BCUT2D eigenvalue weighted by Gasteiger charge is -2.29. The molecule has 2 heterocycles. The highest BCUT2D eigenvalue weighted by Gasteiger charge is 2.52. The SMILES string of the molecule is CCOCCCNC(=O)[C@H]1CS[C@]2(C)CCC(=O)N12. The van der Waals surface area contributed by atoms with E-state index >= 15 is 0 Å². The van der Waals surface area contributed by atoms with Crippen molar-refractivity contribution >= 4 is 23.6 Å². The molecule has 0 bridgehead atoms. The molecule has 0 aromatic heterocycles. The van der Waals surface area contributed by atoms with Crippen molar-refractivity contribution < 1.29 is 14.3 Å². The number of ether oxygens (including phenoxy) is 1. The Morgan fingerprint density at radius 2 is 2.42 bits per heavy atom. The van der Waals surface area contributed by atoms with Crippen LogP contribution in [0.3, 0.4) is 0 Å². The van der Waals surface area contributed by atoms with Crippen LogP contribution in [0.2, 0.25) is 0 Å². The minimum atomic E-state index is -0.294. The summed E-state index contributed by atoms with van der Waals surface area (Å²) in [6, 6.07) is -0.294. The Morgan fingerprint density at radius 1 is 1.63 bits per heavy atom. The molecule has 0 spiro atoms. The van der Waals surface area contributed by atoms with E-state index in [1.807, 2.05) is 6.92 Å². The molecule has 0 saturated carbocycles. The van der Waals surface area contributed by atoms with Crippen LogP contribution in [0.25, 0.3) is 0 Å². The Balaban J connectivity index is 1.81. The van der Waals surface area contributed by atoms with Crippen molar-refractivity contribution in [3.8, 4) is 0 Å². The fourth-order valence-corrected chi connectivity index (χ4v) is 4.09. The van der Waals surface area contributed by atoms with Crippen molar-refractivity contribution in [1.82, 2.24) is 10.2 Å². The topological polar surface area (TPSA) is 58.6 Å². The number of fused-ring (bicyclic) bond motifs is 1. The largest absolute Gasteiger partial charge is 0.382 e. The summed E-state index contributed by atoms with van der Waals surface area (Å²) >= 11 is 1.72. The fourth-order valence-electron chi connectivity index (χ4n) is 2.66. The molecule has 2 atom stereocenters. The van der Waals surface area contributed by atoms with Crippen LogP contribution < -0.4 is 5.32 Å². The van der Waals surface area contributed by atoms with Gasteiger partial charge in [0.1, 0.15) is 6.04 Å². The second-order valence-electron chi connectivity index (χ2n) is 5.11. The maximum Gasteiger partial charge on any atom is 0.243 e. The van der Waals surface area contributed by atoms with Gasteiger partial charge in [0.15, 0.2) is 0 Å². The molecule has 0 aromatic carbocycles. The van der Waals surface area contributed by atoms with Crippen molar-refractivity contribution in [3.05, 3.63) is 0 Å². The molecule has 1 N–H and O–H groups in total. The third-order valence-electron chi connectivity index (χ3n) is 3.72. The average Bonchev–Trinajstić information content (AvgIpc) is 2.87. The van der Waals surface area contributed by atoms with Crippen LogP contribution in [0.15, 0.2) is 0 Å². The molecule has 2 amide bonds. The van der Waals surface area contributed by atoms with Gasteiger partial charge in [-0.2, -0.15) is 0 Å². The van der Waals surface area contributed by atoms with Gasteiger partial charge in [0, 0.05) is 31.9 Å². The summed E-state index contributed by atoms with van der Waals surface area (Å²) in [5.74, 6) is 0.796. The van der Waals surface area contributed by atoms with Crippen LogP contribution in [0.5, 0.6) is 0 Å². The van der Waals surface area contributed by atoms with Crippen molar-refractivity contribution in [2.75, 3.05) is 25.5 Å². The second kappa shape index (κ2) is 6.13. The van der Waals surface area contributed by atoms with E-state index in [9.17, 15) is 9.59 Å². The van der Waals surface area contributed by atoms with Crippen LogP contribution >= 0.6 is 11.8 Å². The zero-order chi connectivity index (χ0) is 13.9. The third kappa shape index (κ3) is 3.05. The highest BCUT2D eigenvalue weighted by molar-refractivity contribution is 8.01. The number of amides is 2. The lowest BCUT2D eigenvalue weighted by atomic mass is 10.2. The van der Waals surface area contributed by atoms with Crippen LogP contribution in [0, 0.1) is 0 Å². The summed E-state index contributed by atoms with van der Waals surface area (Å²) in [6.45, 7) is 5.99. The van der Waals surface area contributed by atoms with Crippen LogP contribution in [-0.2, 0) is 14.3 Å². The van der Waals surface area contributed by atoms with Gasteiger partial charge in [0.05, 0.1) is 4.87 Å². The molecule has 2 aliphatic heterocycles. The molecule has 0 radical (unpaired) electrons. The molecule has 0 aliphatic carbocycles. The minimum Gasteiger partial charge on any atom is -0.382 e. The highest BCUT2D eigenvalue weighted by Crippen LogP contribution is 2.47. The molecular formula is C13H22N2O3S. The average molecular weight is 286 g/mol. The quantitative estimate of drug-likeness (QED) is 0.740. The summed E-state index contributed by atoms with van der Waals surface area (Å²) in [7, 11) is 0. The van der Waals surface area contributed by atoms with Gasteiger partial charge in [-0.3, -0.25) is 9.59 Å². The number of nitrogens with one attached hydrogen (secondary N) is 1. The van der Waals surface area contributed by atoms with E-state index in [4.69, 9.17) is 4.74 Å². The lowest BCUT2D eigenvalue weighted by Crippen LogP contribution is -2.50. The first-order chi connectivity index (χ1) is 9.08. The van der Waals surface area contributed by atoms with E-state index in [2.05, 4.69) is 12.2 Å². The highest BCUT2D eigenvalue weighted by atomic mass is 32.2. The van der Waals surface area contributed by atoms with E-state index in [-0.39, 0.29) is 22.7 Å². The molecule has 2 fully saturated rings. The first-order valence-electron chi connectivity index (χ1n) is 6.90. The summed E-state index contributed by atoms with van der Waals surface area (Å²) in [4.78, 5) is 25.7. The van der Waals surface area contributed by atoms with Crippen LogP contribution in [-0.4, -0.2) is 53.1 Å². The number of carbonyl (C=O) groups is 2. The molecule has 0 aromatic rings. The zero-order valence-corrected chi connectivity index (χ0v) is 12.4. The molecule has 6 heteroatoms. The fraction of sp³-hybridized carbons (Fsp3) is 0.846. The number of carbonyl (C=O) groups excluding carboxylic acids is 2. The number of thioether (sulfide) groups is 1. The second-order valence-corrected chi connectivity index (χ2v) is 6.61. The van der Waals surface area contributed by atoms with Gasteiger partial charge in [0.25, 0.3) is 0 Å². The molecule has 108 valence electrons. The van der Waals surface area contributed by atoms with Crippen LogP contribution in [0.1, 0.15) is 33.1 Å². The summed E-state index contributed by atoms with van der Waals surface area (Å²) in [5, 5.41) is 2.91. The Labute approximate surface area is 118 Å². The van der Waals surface area contributed by atoms with E-state index in [0.717, 1.165) is 12.8 Å². The van der Waals surface area contributed by atoms with E-state index in [1.54, 1.807) is 16.7 Å². The van der Waals surface area contributed by atoms with Crippen molar-refractivity contribution in [3.63, 3.8) is 0 Å². The lowest BCUT2D eigenvalue weighted by molar-refractivity contribution is -0.137. The number of rotatable bonds is 6. The van der Waals surface area contributed by atoms with Gasteiger partial charge in [-0.05, 0) is 26.7 Å². The third-order valence-corrected chi connectivity index (χ3v) is 5.22. The van der Waals surface area contributed by atoms with Gasteiger partial charge in [0.2, 0.25) is 11.8 Å². The monoisotopic (exact) mass is 286 g/mol. The Hall–Kier alpha value is -0.750. The predicted octanol–water partition coefficient (Wildman–Crippen LogP) is 0.983. The molecule has 0 unspecified atom stereocenters. The summed E-state index contributed by atoms with van der Waals surface area (Å²) in [6.07, 6.45) is 2.23. The van der Waals surface area contributed by atoms with Crippen LogP contribution in [0.4, 0.5) is 0 Å². The van der Waals surface area contributed by atoms with E-state index < -0.39 is 0 Å². The zero-order valence-electron chi connectivity index (χ0n) is 11.6. The molecule has 19 heavy (non-hydrogen) atoms. The molecule has 2 aliphatic rings. The maximum atomic E-state index is 12.1. The molecule has 2 saturated heterocycles. The normalized spacial score (nSPS) is 29.7. The van der Waals surface area contributed by atoms with Gasteiger partial charge in [-0.15, -0.1) is 11.8 Å². The summed E-state index contributed by atoms with van der Waals surface area (Å²) < 4.78 is 5.22. The van der Waals surface area contributed by atoms with Crippen molar-refractivity contribution in [2.24, 2.45) is 0 Å². The number of hydrogen-bond acceptors (Lipinski definition) is 4.